The standard InChI is InChI=1S/C13H16Cl2N2O3S/c1-17(8-4-2-3-5-8)13(18)10-6-9(21(16,19)20)7-11(14)12(10)15/h6-8H,2-5H2,1H3,(H2,16,19,20). The quantitative estimate of drug-likeness (QED) is 0.909. The van der Waals surface area contributed by atoms with Gasteiger partial charge in [-0.25, -0.2) is 13.6 Å². The molecule has 1 aliphatic rings. The van der Waals surface area contributed by atoms with Crippen LogP contribution in [0.2, 0.25) is 10.0 Å². The first kappa shape index (κ1) is 16.5. The molecule has 0 unspecified atom stereocenters. The van der Waals surface area contributed by atoms with Crippen molar-refractivity contribution in [2.24, 2.45) is 5.14 Å². The smallest absolute Gasteiger partial charge is 0.255 e. The summed E-state index contributed by atoms with van der Waals surface area (Å²) in [6.45, 7) is 0. The third-order valence-corrected chi connectivity index (χ3v) is 5.45. The van der Waals surface area contributed by atoms with Gasteiger partial charge in [0.1, 0.15) is 0 Å². The first-order chi connectivity index (χ1) is 9.71. The van der Waals surface area contributed by atoms with Gasteiger partial charge in [-0.1, -0.05) is 36.0 Å². The SMILES string of the molecule is CN(C(=O)c1cc(S(N)(=O)=O)cc(Cl)c1Cl)C1CCCC1. The molecule has 0 saturated heterocycles. The first-order valence-electron chi connectivity index (χ1n) is 6.51. The molecule has 0 heterocycles. The molecule has 0 aliphatic heterocycles. The van der Waals surface area contributed by atoms with E-state index >= 15 is 0 Å². The van der Waals surface area contributed by atoms with Crippen LogP contribution in [0.25, 0.3) is 0 Å². The molecule has 5 nitrogen and oxygen atoms in total. The van der Waals surface area contributed by atoms with Crippen LogP contribution < -0.4 is 5.14 Å². The molecule has 116 valence electrons. The Labute approximate surface area is 134 Å². The van der Waals surface area contributed by atoms with Crippen LogP contribution >= 0.6 is 23.2 Å². The summed E-state index contributed by atoms with van der Waals surface area (Å²) in [7, 11) is -2.27. The van der Waals surface area contributed by atoms with Gasteiger partial charge in [0, 0.05) is 13.1 Å². The molecule has 1 amide bonds. The fraction of sp³-hybridized carbons (Fsp3) is 0.462. The zero-order valence-electron chi connectivity index (χ0n) is 11.5. The molecule has 1 aliphatic carbocycles. The molecule has 1 fully saturated rings. The van der Waals surface area contributed by atoms with Crippen molar-refractivity contribution in [1.82, 2.24) is 4.90 Å². The molecule has 1 aromatic rings. The van der Waals surface area contributed by atoms with Crippen LogP contribution in [-0.4, -0.2) is 32.3 Å². The van der Waals surface area contributed by atoms with Crippen LogP contribution in [-0.2, 0) is 10.0 Å². The van der Waals surface area contributed by atoms with Crippen molar-refractivity contribution in [3.63, 3.8) is 0 Å². The summed E-state index contributed by atoms with van der Waals surface area (Å²) < 4.78 is 22.9. The Bertz CT molecular complexity index is 670. The van der Waals surface area contributed by atoms with E-state index in [1.807, 2.05) is 0 Å². The van der Waals surface area contributed by atoms with Gasteiger partial charge < -0.3 is 4.90 Å². The Kier molecular flexibility index (Phi) is 4.82. The second kappa shape index (κ2) is 6.12. The number of hydrogen-bond acceptors (Lipinski definition) is 3. The molecule has 1 aromatic carbocycles. The van der Waals surface area contributed by atoms with Crippen molar-refractivity contribution in [2.45, 2.75) is 36.6 Å². The van der Waals surface area contributed by atoms with Gasteiger partial charge in [-0.15, -0.1) is 0 Å². The summed E-state index contributed by atoms with van der Waals surface area (Å²) in [5, 5.41) is 5.12. The normalized spacial score (nSPS) is 16.2. The molecule has 0 radical (unpaired) electrons. The minimum atomic E-state index is -3.96. The van der Waals surface area contributed by atoms with Gasteiger partial charge in [-0.2, -0.15) is 0 Å². The number of nitrogens with zero attached hydrogens (tertiary/aromatic N) is 1. The van der Waals surface area contributed by atoms with Crippen molar-refractivity contribution in [2.75, 3.05) is 7.05 Å². The number of carbonyl (C=O) groups is 1. The van der Waals surface area contributed by atoms with Gasteiger partial charge in [-0.05, 0) is 25.0 Å². The van der Waals surface area contributed by atoms with E-state index in [0.29, 0.717) is 0 Å². The molecule has 2 rings (SSSR count). The molecule has 1 saturated carbocycles. The number of halogens is 2. The van der Waals surface area contributed by atoms with Crippen LogP contribution in [0.15, 0.2) is 17.0 Å². The highest BCUT2D eigenvalue weighted by molar-refractivity contribution is 7.89. The number of sulfonamides is 1. The molecule has 2 N–H and O–H groups in total. The lowest BCUT2D eigenvalue weighted by Gasteiger charge is -2.25. The number of nitrogens with two attached hydrogens (primary N) is 1. The van der Waals surface area contributed by atoms with E-state index in [2.05, 4.69) is 0 Å². The van der Waals surface area contributed by atoms with Gasteiger partial charge in [0.05, 0.1) is 20.5 Å². The Morgan fingerprint density at radius 1 is 1.29 bits per heavy atom. The Hall–Kier alpha value is -0.820. The third kappa shape index (κ3) is 3.51. The van der Waals surface area contributed by atoms with E-state index in [-0.39, 0.29) is 32.5 Å². The lowest BCUT2D eigenvalue weighted by Crippen LogP contribution is -2.35. The lowest BCUT2D eigenvalue weighted by molar-refractivity contribution is 0.0735. The highest BCUT2D eigenvalue weighted by Gasteiger charge is 2.27. The van der Waals surface area contributed by atoms with E-state index < -0.39 is 10.0 Å². The van der Waals surface area contributed by atoms with Crippen LogP contribution in [0.3, 0.4) is 0 Å². The maximum atomic E-state index is 12.5. The zero-order chi connectivity index (χ0) is 15.8. The Morgan fingerprint density at radius 3 is 2.38 bits per heavy atom. The van der Waals surface area contributed by atoms with Gasteiger partial charge in [0.15, 0.2) is 0 Å². The summed E-state index contributed by atoms with van der Waals surface area (Å²) in [4.78, 5) is 13.9. The summed E-state index contributed by atoms with van der Waals surface area (Å²) in [5.74, 6) is -0.348. The number of rotatable bonds is 3. The lowest BCUT2D eigenvalue weighted by atomic mass is 10.1. The summed E-state index contributed by atoms with van der Waals surface area (Å²) in [6.07, 6.45) is 4.02. The first-order valence-corrected chi connectivity index (χ1v) is 8.81. The Balaban J connectivity index is 2.42. The number of amides is 1. The number of primary sulfonamides is 1. The topological polar surface area (TPSA) is 80.5 Å². The monoisotopic (exact) mass is 350 g/mol. The van der Waals surface area contributed by atoms with Crippen LogP contribution in [0.1, 0.15) is 36.0 Å². The number of hydrogen-bond donors (Lipinski definition) is 1. The van der Waals surface area contributed by atoms with Crippen LogP contribution in [0.5, 0.6) is 0 Å². The largest absolute Gasteiger partial charge is 0.339 e. The van der Waals surface area contributed by atoms with E-state index in [0.717, 1.165) is 31.7 Å². The predicted molar refractivity (Wildman–Crippen MR) is 82.2 cm³/mol. The minimum Gasteiger partial charge on any atom is -0.339 e. The zero-order valence-corrected chi connectivity index (χ0v) is 13.8. The van der Waals surface area contributed by atoms with Crippen LogP contribution in [0, 0.1) is 0 Å². The maximum absolute atomic E-state index is 12.5. The van der Waals surface area contributed by atoms with Crippen molar-refractivity contribution in [3.05, 3.63) is 27.7 Å². The molecular weight excluding hydrogens is 335 g/mol. The molecule has 21 heavy (non-hydrogen) atoms. The fourth-order valence-electron chi connectivity index (χ4n) is 2.53. The third-order valence-electron chi connectivity index (χ3n) is 3.75. The summed E-state index contributed by atoms with van der Waals surface area (Å²) >= 11 is 12.0. The molecule has 8 heteroatoms. The van der Waals surface area contributed by atoms with Crippen molar-refractivity contribution in [1.29, 1.82) is 0 Å². The number of carbonyl (C=O) groups excluding carboxylic acids is 1. The minimum absolute atomic E-state index is 0.00800. The predicted octanol–water partition coefficient (Wildman–Crippen LogP) is 2.66. The van der Waals surface area contributed by atoms with E-state index in [1.54, 1.807) is 11.9 Å². The molecule has 0 aromatic heterocycles. The van der Waals surface area contributed by atoms with Gasteiger partial charge in [0.25, 0.3) is 5.91 Å². The van der Waals surface area contributed by atoms with E-state index in [9.17, 15) is 13.2 Å². The Morgan fingerprint density at radius 2 is 1.86 bits per heavy atom. The molecular formula is C13H16Cl2N2O3S. The highest BCUT2D eigenvalue weighted by atomic mass is 35.5. The van der Waals surface area contributed by atoms with Crippen molar-refractivity contribution in [3.8, 4) is 0 Å². The van der Waals surface area contributed by atoms with Gasteiger partial charge >= 0.3 is 0 Å². The molecule has 0 bridgehead atoms. The average Bonchev–Trinajstić information content (AvgIpc) is 2.92. The van der Waals surface area contributed by atoms with E-state index in [1.165, 1.54) is 6.07 Å². The van der Waals surface area contributed by atoms with Crippen LogP contribution in [0.4, 0.5) is 0 Å². The fourth-order valence-corrected chi connectivity index (χ4v) is 3.57. The molecule has 0 spiro atoms. The van der Waals surface area contributed by atoms with E-state index in [4.69, 9.17) is 28.3 Å². The maximum Gasteiger partial charge on any atom is 0.255 e. The van der Waals surface area contributed by atoms with Crippen molar-refractivity contribution < 1.29 is 13.2 Å². The average molecular weight is 351 g/mol. The second-order valence-electron chi connectivity index (χ2n) is 5.17. The van der Waals surface area contributed by atoms with Crippen molar-refractivity contribution >= 4 is 39.1 Å². The highest BCUT2D eigenvalue weighted by Crippen LogP contribution is 2.31. The van der Waals surface area contributed by atoms with Gasteiger partial charge in [0.2, 0.25) is 10.0 Å². The second-order valence-corrected chi connectivity index (χ2v) is 7.51. The molecule has 0 atom stereocenters. The summed E-state index contributed by atoms with van der Waals surface area (Å²) in [5.41, 5.74) is 0.0580. The summed E-state index contributed by atoms with van der Waals surface area (Å²) in [6, 6.07) is 2.47. The van der Waals surface area contributed by atoms with Gasteiger partial charge in [-0.3, -0.25) is 4.79 Å². The number of benzene rings is 1.